The molecule has 0 aliphatic carbocycles. The molecule has 16 heteroatoms. The summed E-state index contributed by atoms with van der Waals surface area (Å²) in [5, 5.41) is 11.8. The average Bonchev–Trinajstić information content (AvgIpc) is 3.91. The summed E-state index contributed by atoms with van der Waals surface area (Å²) in [6.45, 7) is 13.1. The molecule has 13 nitrogen and oxygen atoms in total. The van der Waals surface area contributed by atoms with Crippen molar-refractivity contribution in [3.8, 4) is 0 Å². The van der Waals surface area contributed by atoms with Crippen molar-refractivity contribution in [1.29, 1.82) is 0 Å². The molecular weight excluding hydrogens is 717 g/mol. The molecule has 2 saturated heterocycles. The monoisotopic (exact) mass is 766 g/mol. The van der Waals surface area contributed by atoms with Crippen molar-refractivity contribution in [2.75, 3.05) is 30.7 Å². The Bertz CT molecular complexity index is 1840. The Morgan fingerprint density at radius 1 is 0.904 bits per heavy atom. The Morgan fingerprint density at radius 2 is 1.48 bits per heavy atom. The highest BCUT2D eigenvalue weighted by molar-refractivity contribution is 7.10. The molecule has 4 aromatic heterocycles. The molecule has 0 saturated carbocycles. The molecule has 52 heavy (non-hydrogen) atoms. The molecule has 0 radical (unpaired) electrons. The number of rotatable bonds is 8. The third-order valence-corrected chi connectivity index (χ3v) is 13.1. The number of primary amides is 1. The molecule has 6 heterocycles. The van der Waals surface area contributed by atoms with Gasteiger partial charge in [0.2, 0.25) is 0 Å². The number of thiophene rings is 2. The zero-order valence-corrected chi connectivity index (χ0v) is 33.2. The average molecular weight is 767 g/mol. The highest BCUT2D eigenvalue weighted by Crippen LogP contribution is 2.37. The smallest absolute Gasteiger partial charge is 0.314 e. The van der Waals surface area contributed by atoms with Crippen LogP contribution >= 0.6 is 22.7 Å². The first-order chi connectivity index (χ1) is 24.7. The van der Waals surface area contributed by atoms with Crippen LogP contribution in [0, 0.1) is 11.8 Å². The molecule has 280 valence electrons. The quantitative estimate of drug-likeness (QED) is 0.113. The van der Waals surface area contributed by atoms with Gasteiger partial charge in [-0.05, 0) is 66.5 Å². The van der Waals surface area contributed by atoms with Gasteiger partial charge in [-0.2, -0.15) is 5.10 Å². The molecule has 4 unspecified atom stereocenters. The van der Waals surface area contributed by atoms with Crippen molar-refractivity contribution in [3.63, 3.8) is 0 Å². The van der Waals surface area contributed by atoms with Crippen LogP contribution in [0.3, 0.4) is 0 Å². The van der Waals surface area contributed by atoms with E-state index in [0.29, 0.717) is 53.9 Å². The number of likely N-dealkylation sites (tertiary alicyclic amines) is 2. The fourth-order valence-electron chi connectivity index (χ4n) is 6.60. The van der Waals surface area contributed by atoms with Crippen molar-refractivity contribution in [2.24, 2.45) is 17.6 Å². The van der Waals surface area contributed by atoms with Crippen LogP contribution in [0.15, 0.2) is 47.4 Å². The largest absolute Gasteiger partial charge is 0.383 e. The van der Waals surface area contributed by atoms with Gasteiger partial charge in [0.1, 0.15) is 12.5 Å². The molecule has 6 rings (SSSR count). The molecule has 0 spiro atoms. The summed E-state index contributed by atoms with van der Waals surface area (Å²) >= 11 is 3.23. The fourth-order valence-corrected chi connectivity index (χ4v) is 9.10. The lowest BCUT2D eigenvalue weighted by Gasteiger charge is -2.37. The number of nitrogen functional groups attached to an aromatic ring is 1. The van der Waals surface area contributed by atoms with E-state index in [1.165, 1.54) is 6.20 Å². The maximum absolute atomic E-state index is 13.3. The number of hydrogen-bond donors (Lipinski definition) is 3. The number of hydrogen-bond acceptors (Lipinski definition) is 10. The van der Waals surface area contributed by atoms with Gasteiger partial charge in [0, 0.05) is 37.5 Å². The first-order valence-electron chi connectivity index (χ1n) is 17.7. The lowest BCUT2D eigenvalue weighted by atomic mass is 9.93. The number of carbonyl (C=O) groups excluding carboxylic acids is 4. The van der Waals surface area contributed by atoms with Gasteiger partial charge in [-0.15, -0.1) is 22.7 Å². The van der Waals surface area contributed by atoms with Crippen LogP contribution < -0.4 is 16.8 Å². The summed E-state index contributed by atoms with van der Waals surface area (Å²) in [5.74, 6) is -1.59. The Kier molecular flexibility index (Phi) is 12.9. The topological polar surface area (TPSA) is 179 Å². The van der Waals surface area contributed by atoms with E-state index in [9.17, 15) is 19.2 Å². The van der Waals surface area contributed by atoms with Gasteiger partial charge in [0.25, 0.3) is 0 Å². The number of aromatic nitrogens is 3. The first-order valence-corrected chi connectivity index (χ1v) is 23.2. The zero-order valence-electron chi connectivity index (χ0n) is 30.5. The Balaban J connectivity index is 0.000000257. The summed E-state index contributed by atoms with van der Waals surface area (Å²) in [7, 11) is -1.22. The molecule has 0 aromatic carbocycles. The minimum absolute atomic E-state index is 0.0196. The summed E-state index contributed by atoms with van der Waals surface area (Å²) in [4.78, 5) is 59.1. The van der Waals surface area contributed by atoms with E-state index in [0.717, 1.165) is 41.5 Å². The second-order valence-corrected chi connectivity index (χ2v) is 22.6. The standard InChI is InChI=1S/C24H34N6O3SSi.C12H16N2O2S/c1-16-7-8-19(20-6-5-10-34-20)29(14-16)24(32)23(31)28-18-13-26-22(25)17-12-27-30(21(17)18)15-33-9-11-35(2,3)4;1-8-4-5-9(10-3-2-6-17-10)14(7-8)12(16)11(13)15/h5-6,10,12-13,16,19H,7-9,11,14-15H2,1-4H3,(H2,25,26)(H,28,31);2-3,6,8-9H,4-5,7H2,1H3,(H2,13,15). The van der Waals surface area contributed by atoms with Crippen LogP contribution in [0.25, 0.3) is 10.9 Å². The number of nitrogens with zero attached hydrogens (tertiary/aromatic N) is 5. The number of pyridine rings is 1. The van der Waals surface area contributed by atoms with Gasteiger partial charge in [-0.3, -0.25) is 19.2 Å². The van der Waals surface area contributed by atoms with Crippen molar-refractivity contribution in [2.45, 2.75) is 84.0 Å². The van der Waals surface area contributed by atoms with Gasteiger partial charge in [-0.1, -0.05) is 45.6 Å². The predicted octanol–water partition coefficient (Wildman–Crippen LogP) is 5.86. The Hall–Kier alpha value is -4.12. The van der Waals surface area contributed by atoms with E-state index in [1.807, 2.05) is 35.0 Å². The number of fused-ring (bicyclic) bond motifs is 1. The maximum atomic E-state index is 13.3. The van der Waals surface area contributed by atoms with Crippen LogP contribution in [0.5, 0.6) is 0 Å². The summed E-state index contributed by atoms with van der Waals surface area (Å²) in [6.07, 6.45) is 6.92. The molecule has 2 aliphatic heterocycles. The molecule has 5 N–H and O–H groups in total. The molecule has 4 amide bonds. The first kappa shape index (κ1) is 39.1. The van der Waals surface area contributed by atoms with Gasteiger partial charge >= 0.3 is 23.6 Å². The molecule has 2 aliphatic rings. The van der Waals surface area contributed by atoms with Crippen molar-refractivity contribution in [1.82, 2.24) is 24.6 Å². The molecule has 4 aromatic rings. The van der Waals surface area contributed by atoms with Gasteiger partial charge < -0.3 is 31.3 Å². The fraction of sp³-hybridized carbons (Fsp3) is 0.500. The molecule has 2 fully saturated rings. The number of anilines is 2. The molecular formula is C36H50N8O5S2Si. The van der Waals surface area contributed by atoms with Crippen LogP contribution in [-0.4, -0.2) is 76.0 Å². The van der Waals surface area contributed by atoms with Crippen molar-refractivity contribution < 1.29 is 23.9 Å². The number of carbonyl (C=O) groups is 4. The van der Waals surface area contributed by atoms with Crippen LogP contribution in [0.2, 0.25) is 25.7 Å². The second kappa shape index (κ2) is 17.1. The van der Waals surface area contributed by atoms with E-state index >= 15 is 0 Å². The normalized spacial score (nSPS) is 20.6. The number of ether oxygens (including phenoxy) is 1. The van der Waals surface area contributed by atoms with Gasteiger partial charge in [0.15, 0.2) is 0 Å². The lowest BCUT2D eigenvalue weighted by molar-refractivity contribution is -0.147. The van der Waals surface area contributed by atoms with Crippen LogP contribution in [0.1, 0.15) is 61.4 Å². The maximum Gasteiger partial charge on any atom is 0.314 e. The number of amides is 4. The van der Waals surface area contributed by atoms with Crippen LogP contribution in [-0.2, 0) is 30.6 Å². The summed E-state index contributed by atoms with van der Waals surface area (Å²) < 4.78 is 7.51. The van der Waals surface area contributed by atoms with Crippen LogP contribution in [0.4, 0.5) is 11.5 Å². The van der Waals surface area contributed by atoms with Crippen molar-refractivity contribution >= 4 is 76.8 Å². The van der Waals surface area contributed by atoms with Crippen molar-refractivity contribution in [3.05, 3.63) is 57.2 Å². The molecule has 0 bridgehead atoms. The highest BCUT2D eigenvalue weighted by Gasteiger charge is 2.36. The lowest BCUT2D eigenvalue weighted by Crippen LogP contribution is -2.46. The summed E-state index contributed by atoms with van der Waals surface area (Å²) in [5.41, 5.74) is 12.1. The van der Waals surface area contributed by atoms with E-state index < -0.39 is 31.7 Å². The predicted molar refractivity (Wildman–Crippen MR) is 208 cm³/mol. The number of nitrogens with two attached hydrogens (primary N) is 2. The minimum Gasteiger partial charge on any atom is -0.383 e. The SMILES string of the molecule is CC1CCC(c2cccs2)N(C(=O)C(=O)Nc2cnc(N)c3cnn(COCC[Si](C)(C)C)c23)C1.CC1CCC(c2cccs2)N(C(=O)C(N)=O)C1. The second-order valence-electron chi connectivity index (χ2n) is 15.0. The van der Waals surface area contributed by atoms with E-state index in [1.54, 1.807) is 43.4 Å². The van der Waals surface area contributed by atoms with Gasteiger partial charge in [0.05, 0.1) is 41.1 Å². The van der Waals surface area contributed by atoms with E-state index in [2.05, 4.69) is 48.9 Å². The Labute approximate surface area is 313 Å². The third kappa shape index (κ3) is 9.64. The third-order valence-electron chi connectivity index (χ3n) is 9.47. The molecule has 4 atom stereocenters. The Morgan fingerprint density at radius 3 is 2.00 bits per heavy atom. The zero-order chi connectivity index (χ0) is 37.6. The summed E-state index contributed by atoms with van der Waals surface area (Å²) in [6, 6.07) is 8.94. The van der Waals surface area contributed by atoms with Gasteiger partial charge in [-0.25, -0.2) is 9.67 Å². The van der Waals surface area contributed by atoms with E-state index in [-0.39, 0.29) is 18.8 Å². The highest BCUT2D eigenvalue weighted by atomic mass is 32.1. The minimum atomic E-state index is -1.22. The van der Waals surface area contributed by atoms with E-state index in [4.69, 9.17) is 16.2 Å². The number of nitrogens with one attached hydrogen (secondary N) is 1. The number of piperidine rings is 2.